The zero-order chi connectivity index (χ0) is 13.0. The smallest absolute Gasteiger partial charge is 0.234 e. The summed E-state index contributed by atoms with van der Waals surface area (Å²) >= 11 is 1.50. The summed E-state index contributed by atoms with van der Waals surface area (Å²) in [4.78, 5) is 23.8. The highest BCUT2D eigenvalue weighted by molar-refractivity contribution is 8.00. The second-order valence-electron chi connectivity index (χ2n) is 3.99. The maximum Gasteiger partial charge on any atom is 0.234 e. The lowest BCUT2D eigenvalue weighted by molar-refractivity contribution is -0.116. The highest BCUT2D eigenvalue weighted by Gasteiger charge is 2.15. The molecule has 5 nitrogen and oxygen atoms in total. The molecule has 1 aliphatic rings. The summed E-state index contributed by atoms with van der Waals surface area (Å²) in [6.45, 7) is 0.504. The van der Waals surface area contributed by atoms with Crippen molar-refractivity contribution in [1.82, 2.24) is 0 Å². The first-order valence-electron chi connectivity index (χ1n) is 5.75. The molecule has 1 heterocycles. The Labute approximate surface area is 110 Å². The quantitative estimate of drug-likeness (QED) is 0.768. The number of rotatable bonds is 4. The molecule has 0 atom stereocenters. The van der Waals surface area contributed by atoms with Gasteiger partial charge < -0.3 is 16.4 Å². The topological polar surface area (TPSA) is 84.2 Å². The fourth-order valence-electron chi connectivity index (χ4n) is 1.65. The van der Waals surface area contributed by atoms with E-state index in [2.05, 4.69) is 10.6 Å². The first-order chi connectivity index (χ1) is 8.69. The summed E-state index contributed by atoms with van der Waals surface area (Å²) in [5.74, 6) is 0.365. The Morgan fingerprint density at radius 1 is 1.50 bits per heavy atom. The molecule has 0 bridgehead atoms. The van der Waals surface area contributed by atoms with Gasteiger partial charge in [0, 0.05) is 17.0 Å². The fourth-order valence-corrected chi connectivity index (χ4v) is 2.44. The fraction of sp³-hybridized carbons (Fsp3) is 0.333. The van der Waals surface area contributed by atoms with Crippen LogP contribution in [0, 0.1) is 0 Å². The molecule has 0 saturated heterocycles. The summed E-state index contributed by atoms with van der Waals surface area (Å²) in [5, 5.41) is 5.57. The molecule has 0 fully saturated rings. The van der Waals surface area contributed by atoms with E-state index >= 15 is 0 Å². The molecule has 18 heavy (non-hydrogen) atoms. The Bertz CT molecular complexity index is 476. The maximum absolute atomic E-state index is 11.5. The zero-order valence-corrected chi connectivity index (χ0v) is 10.7. The van der Waals surface area contributed by atoms with Gasteiger partial charge in [0.15, 0.2) is 0 Å². The minimum absolute atomic E-state index is 0.0147. The van der Waals surface area contributed by atoms with Crippen LogP contribution in [0.3, 0.4) is 0 Å². The van der Waals surface area contributed by atoms with Crippen LogP contribution in [0.1, 0.15) is 12.8 Å². The Balaban J connectivity index is 2.04. The van der Waals surface area contributed by atoms with Gasteiger partial charge in [0.2, 0.25) is 11.8 Å². The van der Waals surface area contributed by atoms with Crippen LogP contribution < -0.4 is 16.4 Å². The van der Waals surface area contributed by atoms with Gasteiger partial charge in [-0.15, -0.1) is 11.8 Å². The van der Waals surface area contributed by atoms with E-state index in [1.165, 1.54) is 11.8 Å². The molecule has 0 aliphatic carbocycles. The van der Waals surface area contributed by atoms with Gasteiger partial charge in [-0.1, -0.05) is 0 Å². The number of nitrogens with one attached hydrogen (secondary N) is 2. The van der Waals surface area contributed by atoms with Crippen molar-refractivity contribution in [2.45, 2.75) is 17.7 Å². The highest BCUT2D eigenvalue weighted by atomic mass is 32.2. The Morgan fingerprint density at radius 2 is 2.33 bits per heavy atom. The van der Waals surface area contributed by atoms with Crippen molar-refractivity contribution in [3.05, 3.63) is 18.2 Å². The third-order valence-corrected chi connectivity index (χ3v) is 3.58. The van der Waals surface area contributed by atoms with Crippen LogP contribution in [0.25, 0.3) is 0 Å². The zero-order valence-electron chi connectivity index (χ0n) is 9.86. The highest BCUT2D eigenvalue weighted by Crippen LogP contribution is 2.33. The SMILES string of the molecule is NCCCC(=O)Nc1ccc2c(c1)NC(=O)CS2. The van der Waals surface area contributed by atoms with E-state index in [1.54, 1.807) is 6.07 Å². The van der Waals surface area contributed by atoms with Crippen molar-refractivity contribution >= 4 is 35.0 Å². The Hall–Kier alpha value is -1.53. The summed E-state index contributed by atoms with van der Waals surface area (Å²) in [6.07, 6.45) is 1.08. The molecule has 0 aromatic heterocycles. The Kier molecular flexibility index (Phi) is 4.22. The number of hydrogen-bond acceptors (Lipinski definition) is 4. The molecule has 0 spiro atoms. The van der Waals surface area contributed by atoms with Gasteiger partial charge in [0.05, 0.1) is 11.4 Å². The standard InChI is InChI=1S/C12H15N3O2S/c13-5-1-2-11(16)14-8-3-4-10-9(6-8)15-12(17)7-18-10/h3-4,6H,1-2,5,7,13H2,(H,14,16)(H,15,17). The van der Waals surface area contributed by atoms with E-state index in [0.717, 1.165) is 10.6 Å². The van der Waals surface area contributed by atoms with E-state index < -0.39 is 0 Å². The molecule has 0 saturated carbocycles. The number of anilines is 2. The van der Waals surface area contributed by atoms with Crippen molar-refractivity contribution in [2.75, 3.05) is 22.9 Å². The first kappa shape index (κ1) is 12.9. The first-order valence-corrected chi connectivity index (χ1v) is 6.74. The number of amides is 2. The summed E-state index contributed by atoms with van der Waals surface area (Å²) in [6, 6.07) is 5.52. The lowest BCUT2D eigenvalue weighted by Gasteiger charge is -2.17. The summed E-state index contributed by atoms with van der Waals surface area (Å²) in [7, 11) is 0. The third kappa shape index (κ3) is 3.24. The van der Waals surface area contributed by atoms with Crippen molar-refractivity contribution in [3.63, 3.8) is 0 Å². The van der Waals surface area contributed by atoms with Gasteiger partial charge in [0.25, 0.3) is 0 Å². The van der Waals surface area contributed by atoms with Gasteiger partial charge in [0.1, 0.15) is 0 Å². The molecule has 0 radical (unpaired) electrons. The van der Waals surface area contributed by atoms with Crippen LogP contribution in [-0.2, 0) is 9.59 Å². The van der Waals surface area contributed by atoms with Gasteiger partial charge in [-0.3, -0.25) is 9.59 Å². The molecule has 6 heteroatoms. The predicted molar refractivity (Wildman–Crippen MR) is 72.7 cm³/mol. The third-order valence-electron chi connectivity index (χ3n) is 2.50. The van der Waals surface area contributed by atoms with Gasteiger partial charge in [-0.25, -0.2) is 0 Å². The molecule has 4 N–H and O–H groups in total. The largest absolute Gasteiger partial charge is 0.330 e. The number of nitrogens with two attached hydrogens (primary N) is 1. The minimum atomic E-state index is -0.0600. The van der Waals surface area contributed by atoms with Crippen LogP contribution in [0.4, 0.5) is 11.4 Å². The van der Waals surface area contributed by atoms with Crippen molar-refractivity contribution < 1.29 is 9.59 Å². The van der Waals surface area contributed by atoms with Crippen LogP contribution in [-0.4, -0.2) is 24.1 Å². The van der Waals surface area contributed by atoms with E-state index in [1.807, 2.05) is 12.1 Å². The number of carbonyl (C=O) groups is 2. The maximum atomic E-state index is 11.5. The molecule has 1 aromatic carbocycles. The van der Waals surface area contributed by atoms with E-state index in [-0.39, 0.29) is 11.8 Å². The average molecular weight is 265 g/mol. The van der Waals surface area contributed by atoms with E-state index in [0.29, 0.717) is 30.8 Å². The summed E-state index contributed by atoms with van der Waals surface area (Å²) < 4.78 is 0. The molecule has 1 aromatic rings. The Morgan fingerprint density at radius 3 is 3.11 bits per heavy atom. The second kappa shape index (κ2) is 5.88. The lowest BCUT2D eigenvalue weighted by Crippen LogP contribution is -2.19. The molecule has 96 valence electrons. The van der Waals surface area contributed by atoms with Gasteiger partial charge >= 0.3 is 0 Å². The normalized spacial score (nSPS) is 13.7. The average Bonchev–Trinajstić information content (AvgIpc) is 2.36. The summed E-state index contributed by atoms with van der Waals surface area (Å²) in [5.41, 5.74) is 6.80. The minimum Gasteiger partial charge on any atom is -0.330 e. The van der Waals surface area contributed by atoms with Gasteiger partial charge in [-0.2, -0.15) is 0 Å². The van der Waals surface area contributed by atoms with Crippen LogP contribution in [0.2, 0.25) is 0 Å². The van der Waals surface area contributed by atoms with Crippen molar-refractivity contribution in [2.24, 2.45) is 5.73 Å². The van der Waals surface area contributed by atoms with E-state index in [4.69, 9.17) is 5.73 Å². The molecule has 0 unspecified atom stereocenters. The number of fused-ring (bicyclic) bond motifs is 1. The monoisotopic (exact) mass is 265 g/mol. The number of thioether (sulfide) groups is 1. The molecular formula is C12H15N3O2S. The number of carbonyl (C=O) groups excluding carboxylic acids is 2. The van der Waals surface area contributed by atoms with Crippen LogP contribution in [0.15, 0.2) is 23.1 Å². The number of hydrogen-bond donors (Lipinski definition) is 3. The second-order valence-corrected chi connectivity index (χ2v) is 5.01. The van der Waals surface area contributed by atoms with Crippen LogP contribution in [0.5, 0.6) is 0 Å². The predicted octanol–water partition coefficient (Wildman–Crippen LogP) is 1.41. The van der Waals surface area contributed by atoms with Gasteiger partial charge in [-0.05, 0) is 31.2 Å². The van der Waals surface area contributed by atoms with Crippen LogP contribution >= 0.6 is 11.8 Å². The number of benzene rings is 1. The molecular weight excluding hydrogens is 250 g/mol. The molecule has 1 aliphatic heterocycles. The lowest BCUT2D eigenvalue weighted by atomic mass is 10.2. The van der Waals surface area contributed by atoms with Crippen molar-refractivity contribution in [1.29, 1.82) is 0 Å². The molecule has 2 rings (SSSR count). The molecule has 2 amide bonds. The van der Waals surface area contributed by atoms with E-state index in [9.17, 15) is 9.59 Å². The van der Waals surface area contributed by atoms with Crippen molar-refractivity contribution in [3.8, 4) is 0 Å².